The Morgan fingerprint density at radius 2 is 1.92 bits per heavy atom. The SMILES string of the molecule is CSc1nnc(C2CCN(CC(=O)NC(C)(C)C)CC2)n1C(C)C. The minimum atomic E-state index is -0.169. The molecule has 0 aromatic carbocycles. The van der Waals surface area contributed by atoms with Gasteiger partial charge in [0.25, 0.3) is 0 Å². The maximum atomic E-state index is 12.1. The molecule has 1 fully saturated rings. The Bertz CT molecular complexity index is 556. The third-order valence-corrected chi connectivity index (χ3v) is 4.87. The number of piperidine rings is 1. The number of hydrogen-bond donors (Lipinski definition) is 1. The molecule has 2 heterocycles. The average molecular weight is 354 g/mol. The van der Waals surface area contributed by atoms with Crippen molar-refractivity contribution in [1.29, 1.82) is 0 Å². The zero-order chi connectivity index (χ0) is 17.9. The Labute approximate surface area is 149 Å². The van der Waals surface area contributed by atoms with Gasteiger partial charge in [-0.25, -0.2) is 0 Å². The molecule has 0 spiro atoms. The van der Waals surface area contributed by atoms with Crippen LogP contribution in [0.15, 0.2) is 5.16 Å². The van der Waals surface area contributed by atoms with Gasteiger partial charge in [0.15, 0.2) is 5.16 Å². The van der Waals surface area contributed by atoms with Crippen LogP contribution in [0.1, 0.15) is 65.2 Å². The summed E-state index contributed by atoms with van der Waals surface area (Å²) in [6, 6.07) is 0.369. The number of carbonyl (C=O) groups excluding carboxylic acids is 1. The molecule has 0 bridgehead atoms. The van der Waals surface area contributed by atoms with Crippen molar-refractivity contribution >= 4 is 17.7 Å². The second kappa shape index (κ2) is 7.87. The predicted molar refractivity (Wildman–Crippen MR) is 98.5 cm³/mol. The number of nitrogens with zero attached hydrogens (tertiary/aromatic N) is 4. The van der Waals surface area contributed by atoms with E-state index in [-0.39, 0.29) is 11.4 Å². The highest BCUT2D eigenvalue weighted by molar-refractivity contribution is 7.98. The quantitative estimate of drug-likeness (QED) is 0.825. The van der Waals surface area contributed by atoms with Crippen LogP contribution in [0.5, 0.6) is 0 Å². The number of thioether (sulfide) groups is 1. The topological polar surface area (TPSA) is 63.1 Å². The highest BCUT2D eigenvalue weighted by Gasteiger charge is 2.28. The molecular weight excluding hydrogens is 322 g/mol. The molecular formula is C17H31N5OS. The van der Waals surface area contributed by atoms with E-state index in [0.29, 0.717) is 18.5 Å². The fraction of sp³-hybridized carbons (Fsp3) is 0.824. The fourth-order valence-electron chi connectivity index (χ4n) is 3.20. The second-order valence-electron chi connectivity index (χ2n) is 7.86. The van der Waals surface area contributed by atoms with Crippen molar-refractivity contribution in [3.05, 3.63) is 5.82 Å². The third kappa shape index (κ3) is 4.96. The molecule has 1 aliphatic rings. The van der Waals surface area contributed by atoms with Gasteiger partial charge in [-0.1, -0.05) is 11.8 Å². The van der Waals surface area contributed by atoms with Crippen molar-refractivity contribution in [3.63, 3.8) is 0 Å². The van der Waals surface area contributed by atoms with Gasteiger partial charge in [-0.15, -0.1) is 10.2 Å². The van der Waals surface area contributed by atoms with E-state index < -0.39 is 0 Å². The maximum Gasteiger partial charge on any atom is 0.234 e. The van der Waals surface area contributed by atoms with Gasteiger partial charge in [0.2, 0.25) is 5.91 Å². The molecule has 24 heavy (non-hydrogen) atoms. The molecule has 0 atom stereocenters. The van der Waals surface area contributed by atoms with E-state index in [1.54, 1.807) is 11.8 Å². The molecule has 0 aliphatic carbocycles. The van der Waals surface area contributed by atoms with Crippen molar-refractivity contribution in [3.8, 4) is 0 Å². The number of hydrogen-bond acceptors (Lipinski definition) is 5. The van der Waals surface area contributed by atoms with Crippen LogP contribution in [-0.4, -0.2) is 57.0 Å². The Hall–Kier alpha value is -1.08. The Kier molecular flexibility index (Phi) is 6.31. The first-order chi connectivity index (χ1) is 11.2. The summed E-state index contributed by atoms with van der Waals surface area (Å²) in [6.45, 7) is 12.7. The molecule has 1 aromatic rings. The Morgan fingerprint density at radius 3 is 2.42 bits per heavy atom. The molecule has 0 saturated carbocycles. The van der Waals surface area contributed by atoms with Gasteiger partial charge in [0.1, 0.15) is 5.82 Å². The zero-order valence-electron chi connectivity index (χ0n) is 15.8. The van der Waals surface area contributed by atoms with Crippen LogP contribution in [0.3, 0.4) is 0 Å². The number of aromatic nitrogens is 3. The summed E-state index contributed by atoms with van der Waals surface area (Å²) >= 11 is 1.65. The van der Waals surface area contributed by atoms with E-state index in [0.717, 1.165) is 36.9 Å². The Balaban J connectivity index is 1.94. The smallest absolute Gasteiger partial charge is 0.234 e. The van der Waals surface area contributed by atoms with Crippen molar-refractivity contribution < 1.29 is 4.79 Å². The molecule has 1 aromatic heterocycles. The molecule has 6 nitrogen and oxygen atoms in total. The number of likely N-dealkylation sites (tertiary alicyclic amines) is 1. The molecule has 2 rings (SSSR count). The van der Waals surface area contributed by atoms with Gasteiger partial charge in [-0.2, -0.15) is 0 Å². The first kappa shape index (κ1) is 19.2. The van der Waals surface area contributed by atoms with Crippen LogP contribution in [0, 0.1) is 0 Å². The first-order valence-corrected chi connectivity index (χ1v) is 9.96. The normalized spacial score (nSPS) is 17.5. The first-order valence-electron chi connectivity index (χ1n) is 8.73. The van der Waals surface area contributed by atoms with Crippen LogP contribution in [0.2, 0.25) is 0 Å². The lowest BCUT2D eigenvalue weighted by Gasteiger charge is -2.32. The van der Waals surface area contributed by atoms with E-state index in [1.807, 2.05) is 27.0 Å². The lowest BCUT2D eigenvalue weighted by Crippen LogP contribution is -2.47. The second-order valence-corrected chi connectivity index (χ2v) is 8.63. The summed E-state index contributed by atoms with van der Waals surface area (Å²) in [4.78, 5) is 14.3. The van der Waals surface area contributed by atoms with E-state index >= 15 is 0 Å². The van der Waals surface area contributed by atoms with Crippen LogP contribution in [-0.2, 0) is 4.79 Å². The highest BCUT2D eigenvalue weighted by atomic mass is 32.2. The zero-order valence-corrected chi connectivity index (χ0v) is 16.6. The molecule has 1 aliphatic heterocycles. The lowest BCUT2D eigenvalue weighted by atomic mass is 9.95. The molecule has 136 valence electrons. The monoisotopic (exact) mass is 353 g/mol. The molecule has 1 saturated heterocycles. The van der Waals surface area contributed by atoms with Crippen molar-refractivity contribution in [2.45, 2.75) is 70.1 Å². The van der Waals surface area contributed by atoms with Gasteiger partial charge < -0.3 is 9.88 Å². The summed E-state index contributed by atoms with van der Waals surface area (Å²) in [5.41, 5.74) is -0.169. The van der Waals surface area contributed by atoms with E-state index in [4.69, 9.17) is 0 Å². The maximum absolute atomic E-state index is 12.1. The number of rotatable bonds is 5. The lowest BCUT2D eigenvalue weighted by molar-refractivity contribution is -0.123. The largest absolute Gasteiger partial charge is 0.350 e. The van der Waals surface area contributed by atoms with Gasteiger partial charge in [0.05, 0.1) is 6.54 Å². The third-order valence-electron chi connectivity index (χ3n) is 4.22. The number of amides is 1. The van der Waals surface area contributed by atoms with Gasteiger partial charge in [-0.3, -0.25) is 9.69 Å². The fourth-order valence-corrected chi connectivity index (χ4v) is 3.82. The summed E-state index contributed by atoms with van der Waals surface area (Å²) in [6.07, 6.45) is 4.10. The van der Waals surface area contributed by atoms with E-state index in [2.05, 4.69) is 38.8 Å². The average Bonchev–Trinajstić information content (AvgIpc) is 2.90. The predicted octanol–water partition coefficient (Wildman–Crippen LogP) is 2.68. The van der Waals surface area contributed by atoms with E-state index in [9.17, 15) is 4.79 Å². The minimum absolute atomic E-state index is 0.107. The molecule has 0 unspecified atom stereocenters. The molecule has 1 N–H and O–H groups in total. The van der Waals surface area contributed by atoms with Crippen molar-refractivity contribution in [2.24, 2.45) is 0 Å². The standard InChI is InChI=1S/C17H31N5OS/c1-12(2)22-15(19-20-16(22)24-6)13-7-9-21(10-8-13)11-14(23)18-17(3,4)5/h12-13H,7-11H2,1-6H3,(H,18,23). The molecule has 7 heteroatoms. The van der Waals surface area contributed by atoms with Crippen LogP contribution < -0.4 is 5.32 Å². The van der Waals surface area contributed by atoms with Crippen LogP contribution >= 0.6 is 11.8 Å². The number of nitrogens with one attached hydrogen (secondary N) is 1. The summed E-state index contributed by atoms with van der Waals surface area (Å²) in [5.74, 6) is 1.65. The van der Waals surface area contributed by atoms with Crippen LogP contribution in [0.25, 0.3) is 0 Å². The van der Waals surface area contributed by atoms with Gasteiger partial charge in [-0.05, 0) is 66.8 Å². The Morgan fingerprint density at radius 1 is 1.29 bits per heavy atom. The summed E-state index contributed by atoms with van der Waals surface area (Å²) < 4.78 is 2.26. The van der Waals surface area contributed by atoms with Gasteiger partial charge in [0, 0.05) is 17.5 Å². The highest BCUT2D eigenvalue weighted by Crippen LogP contribution is 2.31. The molecule has 1 amide bonds. The summed E-state index contributed by atoms with van der Waals surface area (Å²) in [7, 11) is 0. The van der Waals surface area contributed by atoms with Crippen molar-refractivity contribution in [2.75, 3.05) is 25.9 Å². The van der Waals surface area contributed by atoms with E-state index in [1.165, 1.54) is 0 Å². The molecule has 0 radical (unpaired) electrons. The van der Waals surface area contributed by atoms with Crippen molar-refractivity contribution in [1.82, 2.24) is 25.0 Å². The minimum Gasteiger partial charge on any atom is -0.350 e. The van der Waals surface area contributed by atoms with Crippen LogP contribution in [0.4, 0.5) is 0 Å². The van der Waals surface area contributed by atoms with Gasteiger partial charge >= 0.3 is 0 Å². The number of carbonyl (C=O) groups is 1. The summed E-state index contributed by atoms with van der Waals surface area (Å²) in [5, 5.41) is 12.8.